The van der Waals surface area contributed by atoms with Crippen LogP contribution in [0.4, 0.5) is 22.7 Å². The third-order valence-electron chi connectivity index (χ3n) is 26.0. The second-order valence-corrected chi connectivity index (χ2v) is 67.6. The Labute approximate surface area is 906 Å². The van der Waals surface area contributed by atoms with Gasteiger partial charge >= 0.3 is 391 Å². The molecule has 0 radical (unpaired) electrons. The molecule has 8 aromatic rings. The van der Waals surface area contributed by atoms with Crippen LogP contribution in [0.15, 0.2) is 176 Å². The zero-order valence-electron chi connectivity index (χ0n) is 91.9. The van der Waals surface area contributed by atoms with Gasteiger partial charge in [-0.1, -0.05) is 269 Å². The zero-order valence-corrected chi connectivity index (χ0v) is 105. The minimum atomic E-state index is -1.77. The smallest absolute Gasteiger partial charge is 0.0145 e. The monoisotopic (exact) mass is 2420 g/mol. The van der Waals surface area contributed by atoms with Gasteiger partial charge in [0.05, 0.1) is 0 Å². The molecule has 4 heterocycles. The average molecular weight is 2430 g/mol. The van der Waals surface area contributed by atoms with Crippen LogP contribution in [0, 0.1) is 61.7 Å². The molecule has 0 amide bonds. The molecule has 0 saturated carbocycles. The van der Waals surface area contributed by atoms with E-state index in [1.165, 1.54) is 126 Å². The molecule has 1 unspecified atom stereocenters. The largest absolute Gasteiger partial charge is 0.517 e. The van der Waals surface area contributed by atoms with Crippen molar-refractivity contribution >= 4 is 119 Å². The molecule has 0 aliphatic carbocycles. The molecule has 792 valence electrons. The summed E-state index contributed by atoms with van der Waals surface area (Å²) in [5.41, 5.74) is 22.0. The van der Waals surface area contributed by atoms with Crippen LogP contribution in [0.1, 0.15) is 391 Å². The van der Waals surface area contributed by atoms with E-state index in [1.807, 2.05) is 171 Å². The predicted molar refractivity (Wildman–Crippen MR) is 611 cm³/mol. The molecular formula is C120H176Cl8N4O4Ru4-4. The van der Waals surface area contributed by atoms with Crippen molar-refractivity contribution in [1.29, 1.82) is 0 Å². The van der Waals surface area contributed by atoms with E-state index in [4.69, 9.17) is 96.5 Å². The Balaban J connectivity index is 0.000000284. The van der Waals surface area contributed by atoms with Crippen molar-refractivity contribution in [2.75, 3.05) is 19.6 Å². The number of ether oxygens (including phenoxy) is 4. The number of hydrogen-bond donors (Lipinski definition) is 0. The van der Waals surface area contributed by atoms with Crippen molar-refractivity contribution in [2.45, 2.75) is 396 Å². The topological polar surface area (TPSA) is 49.9 Å². The first kappa shape index (κ1) is 127. The van der Waals surface area contributed by atoms with Crippen molar-refractivity contribution < 1.29 is 73.0 Å². The van der Waals surface area contributed by atoms with Gasteiger partial charge in [0.1, 0.15) is 0 Å². The molecule has 0 bridgehead atoms. The van der Waals surface area contributed by atoms with Gasteiger partial charge in [-0.25, -0.2) is 26.2 Å². The summed E-state index contributed by atoms with van der Waals surface area (Å²) >= 11 is -7.08. The number of aryl methyl sites for hydroxylation is 2. The predicted octanol–water partition coefficient (Wildman–Crippen LogP) is 38.4. The van der Waals surface area contributed by atoms with Gasteiger partial charge in [-0.05, 0) is 143 Å². The van der Waals surface area contributed by atoms with Crippen molar-refractivity contribution in [1.82, 2.24) is 0 Å². The third-order valence-corrected chi connectivity index (χ3v) is 33.3. The van der Waals surface area contributed by atoms with Crippen molar-refractivity contribution in [3.63, 3.8) is 0 Å². The van der Waals surface area contributed by atoms with Gasteiger partial charge in [-0.2, -0.15) is 0 Å². The molecule has 12 rings (SSSR count). The molecule has 4 aliphatic heterocycles. The summed E-state index contributed by atoms with van der Waals surface area (Å²) in [6.45, 7) is 93.7. The molecule has 4 saturated heterocycles. The molecule has 140 heavy (non-hydrogen) atoms. The number of hydrogen-bond acceptors (Lipinski definition) is 8. The SMILES string of the molecule is CC(C)Oc1ccccc1[CH]=[Ru]([Cl])[Cl].CC(C)Oc1ccccc1[CH]=[Ru]([Cl])[Cl].CC(C)Oc1ccccc1[CH]=[Ru]([Cl])[Cl].CC(C)Oc1ccccc1[CH]=[Ru]([Cl])[Cl].CCC1(CC)[CH-]N(c2c(C)cccc2C(C)C)C(C)(C)C1.CCC1(CC)[CH-]N(c2ccccc2C(C)C)C(C)(C)C1.CCCC1(C)[CH-]N(c2c(C(C)C)cccc2C(C)C)C(C)(C)C1.Cc1cccc(C(C)(C)C)c1N1[CH-]C(C)(C)CC1(C)C. The van der Waals surface area contributed by atoms with E-state index in [0.29, 0.717) is 39.9 Å². The summed E-state index contributed by atoms with van der Waals surface area (Å²) < 4.78 is 30.1. The van der Waals surface area contributed by atoms with Gasteiger partial charge in [0.25, 0.3) is 0 Å². The molecule has 8 aromatic carbocycles. The molecule has 0 spiro atoms. The van der Waals surface area contributed by atoms with Gasteiger partial charge < -0.3 is 19.6 Å². The first-order chi connectivity index (χ1) is 65.0. The summed E-state index contributed by atoms with van der Waals surface area (Å²) in [6, 6.07) is 60.4. The summed E-state index contributed by atoms with van der Waals surface area (Å²) in [5.74, 6) is 5.61. The number of benzene rings is 8. The van der Waals surface area contributed by atoms with Crippen molar-refractivity contribution in [2.24, 2.45) is 21.7 Å². The number of rotatable bonds is 26. The van der Waals surface area contributed by atoms with E-state index in [0.717, 1.165) is 45.3 Å². The van der Waals surface area contributed by atoms with Gasteiger partial charge in [-0.3, -0.25) is 0 Å². The molecule has 4 fully saturated rings. The van der Waals surface area contributed by atoms with E-state index in [1.54, 1.807) is 0 Å². The maximum absolute atomic E-state index is 5.82. The fourth-order valence-electron chi connectivity index (χ4n) is 19.9. The molecule has 20 heteroatoms. The van der Waals surface area contributed by atoms with E-state index in [9.17, 15) is 0 Å². The van der Waals surface area contributed by atoms with Gasteiger partial charge in [0.15, 0.2) is 0 Å². The fraction of sp³-hybridized carbons (Fsp3) is 0.533. The number of nitrogens with zero attached hydrogens (tertiary/aromatic N) is 4. The Bertz CT molecular complexity index is 4980. The Kier molecular flexibility index (Phi) is 52.1. The summed E-state index contributed by atoms with van der Waals surface area (Å²) in [4.78, 5) is 10.3. The normalized spacial score (nSPS) is 17.5. The Morgan fingerprint density at radius 1 is 0.321 bits per heavy atom. The van der Waals surface area contributed by atoms with E-state index < -0.39 is 54.1 Å². The number of halogens is 8. The maximum Gasteiger partial charge on any atom is 0.0145 e. The van der Waals surface area contributed by atoms with E-state index in [2.05, 4.69) is 325 Å². The Hall–Kier alpha value is -3.55. The zero-order chi connectivity index (χ0) is 106. The minimum Gasteiger partial charge on any atom is -0.517 e. The summed E-state index contributed by atoms with van der Waals surface area (Å²) in [6.07, 6.45) is 13.0. The molecular weight excluding hydrogens is 2250 g/mol. The fourth-order valence-corrected chi connectivity index (χ4v) is 27.2. The van der Waals surface area contributed by atoms with Crippen LogP contribution >= 0.6 is 77.5 Å². The van der Waals surface area contributed by atoms with Crippen molar-refractivity contribution in [3.8, 4) is 23.0 Å². The van der Waals surface area contributed by atoms with Crippen LogP contribution in [0.2, 0.25) is 0 Å². The minimum absolute atomic E-state index is 0.163. The summed E-state index contributed by atoms with van der Waals surface area (Å²) in [7, 11) is 46.5. The Morgan fingerprint density at radius 2 is 0.600 bits per heavy atom. The van der Waals surface area contributed by atoms with Crippen LogP contribution < -0.4 is 38.5 Å². The van der Waals surface area contributed by atoms with E-state index in [-0.39, 0.29) is 57.4 Å². The van der Waals surface area contributed by atoms with Crippen LogP contribution in [0.5, 0.6) is 23.0 Å². The van der Waals surface area contributed by atoms with Crippen LogP contribution in [0.25, 0.3) is 0 Å². The summed E-state index contributed by atoms with van der Waals surface area (Å²) in [5, 5.41) is 0. The number of anilines is 4. The average Bonchev–Trinajstić information content (AvgIpc) is 1.54. The molecule has 0 aromatic heterocycles. The van der Waals surface area contributed by atoms with Gasteiger partial charge in [0.2, 0.25) is 0 Å². The molecule has 1 atom stereocenters. The van der Waals surface area contributed by atoms with Crippen molar-refractivity contribution in [3.05, 3.63) is 263 Å². The van der Waals surface area contributed by atoms with E-state index >= 15 is 0 Å². The first-order valence-corrected chi connectivity index (χ1v) is 72.3. The Morgan fingerprint density at radius 3 is 0.914 bits per heavy atom. The van der Waals surface area contributed by atoms with Gasteiger partial charge in [-0.15, -0.1) is 21.7 Å². The molecule has 8 nitrogen and oxygen atoms in total. The molecule has 4 aliphatic rings. The van der Waals surface area contributed by atoms with Crippen LogP contribution in [0.3, 0.4) is 0 Å². The molecule has 0 N–H and O–H groups in total. The second-order valence-electron chi connectivity index (χ2n) is 44.7. The number of para-hydroxylation sites is 8. The second kappa shape index (κ2) is 57.4. The quantitative estimate of drug-likeness (QED) is 0.0393. The maximum atomic E-state index is 5.82. The van der Waals surface area contributed by atoms with Crippen LogP contribution in [-0.4, -0.2) is 65.0 Å². The standard InChI is InChI=1S/C22H36N.C20H32N.2C19H30N.4C10H12O.8ClH.4Ru/c1-9-13-22(8)14-21(6,7)23(15-22)20-18(16(2)3)11-10-12-19(20)17(4)5;1-8-20(9-2)13-19(6,7)21(14-20)18-16(5)11-10-12-17(18)15(3)4;1-14-10-9-11-15(17(2,3)4)16(14)20-13-18(5,6)12-19(20,7)8;1-7-19(8-2)13-18(5,6)20(14-19)17-12-10-9-11-16(17)15(3)4;4*1-8(2)11-10-7-5-4-6-9(10)3;;;;;;;;;;;;/h10-12,15-17H,9,13-14H2,1-8H3;10-12,14-15H,8-9,13H2,1-7H3;9-11,13H,12H2,1-8H3;9-12,14-15H,7-8,13H2,1-6H3;4*3-8H,1-2H3;8*1H;;;;/q4*-1;;;;;;;;;;;;;4*+2/p-8. The van der Waals surface area contributed by atoms with Gasteiger partial charge in [0, 0.05) is 44.9 Å². The third kappa shape index (κ3) is 39.1. The van der Waals surface area contributed by atoms with Crippen LogP contribution in [-0.2, 0) is 59.5 Å². The first-order valence-electron chi connectivity index (χ1n) is 50.4.